The summed E-state index contributed by atoms with van der Waals surface area (Å²) in [6.45, 7) is 9.49. The van der Waals surface area contributed by atoms with Crippen molar-refractivity contribution in [2.24, 2.45) is 0 Å². The number of carboxylic acids is 1. The van der Waals surface area contributed by atoms with Gasteiger partial charge in [-0.2, -0.15) is 0 Å². The summed E-state index contributed by atoms with van der Waals surface area (Å²) in [6, 6.07) is 19.3. The van der Waals surface area contributed by atoms with Crippen LogP contribution in [0.25, 0.3) is 11.3 Å². The topological polar surface area (TPSA) is 124 Å². The minimum atomic E-state index is -0.664. The summed E-state index contributed by atoms with van der Waals surface area (Å²) in [6.07, 6.45) is 26.5. The average molecular weight is 776 g/mol. The summed E-state index contributed by atoms with van der Waals surface area (Å²) in [4.78, 5) is 41.2. The summed E-state index contributed by atoms with van der Waals surface area (Å²) >= 11 is 0. The molecule has 10 heteroatoms. The summed E-state index contributed by atoms with van der Waals surface area (Å²) < 4.78 is 0. The molecule has 0 saturated carbocycles. The van der Waals surface area contributed by atoms with E-state index in [0.717, 1.165) is 68.1 Å². The lowest BCUT2D eigenvalue weighted by molar-refractivity contribution is -0.137. The molecule has 0 unspecified atom stereocenters. The van der Waals surface area contributed by atoms with Crippen LogP contribution in [-0.4, -0.2) is 75.0 Å². The lowest BCUT2D eigenvalue weighted by Crippen LogP contribution is -2.43. The lowest BCUT2D eigenvalue weighted by Gasteiger charge is -2.32. The third-order valence-electron chi connectivity index (χ3n) is 10.2. The van der Waals surface area contributed by atoms with Crippen molar-refractivity contribution in [3.63, 3.8) is 0 Å². The lowest BCUT2D eigenvalue weighted by atomic mass is 10.1. The second-order valence-electron chi connectivity index (χ2n) is 15.1. The number of rotatable bonds is 22. The van der Waals surface area contributed by atoms with Gasteiger partial charge in [-0.15, -0.1) is 0 Å². The number of hydrogen-bond donors (Lipinski definition) is 3. The monoisotopic (exact) mass is 776 g/mol. The molecular formula is C47H65N7O3. The normalized spacial score (nSPS) is 13.2. The van der Waals surface area contributed by atoms with E-state index in [1.807, 2.05) is 67.6 Å². The predicted octanol–water partition coefficient (Wildman–Crippen LogP) is 10.7. The first kappa shape index (κ1) is 44.8. The Morgan fingerprint density at radius 2 is 1.49 bits per heavy atom. The molecule has 0 bridgehead atoms. The van der Waals surface area contributed by atoms with E-state index in [2.05, 4.69) is 61.5 Å². The zero-order chi connectivity index (χ0) is 40.5. The number of aryl methyl sites for hydroxylation is 1. The largest absolute Gasteiger partial charge is 0.481 e. The van der Waals surface area contributed by atoms with Gasteiger partial charge in [-0.3, -0.25) is 19.5 Å². The number of amides is 1. The Morgan fingerprint density at radius 1 is 0.807 bits per heavy atom. The van der Waals surface area contributed by atoms with Crippen LogP contribution in [0.2, 0.25) is 0 Å². The van der Waals surface area contributed by atoms with Gasteiger partial charge in [0.2, 0.25) is 5.95 Å². The molecule has 1 aliphatic heterocycles. The first-order valence-electron chi connectivity index (χ1n) is 21.1. The molecule has 0 radical (unpaired) electrons. The van der Waals surface area contributed by atoms with Gasteiger partial charge in [0, 0.05) is 80.2 Å². The van der Waals surface area contributed by atoms with Crippen molar-refractivity contribution < 1.29 is 14.7 Å². The van der Waals surface area contributed by atoms with Gasteiger partial charge in [0.25, 0.3) is 5.91 Å². The first-order valence-corrected chi connectivity index (χ1v) is 21.1. The number of carboxylic acid groups (broad SMARTS) is 1. The van der Waals surface area contributed by atoms with Crippen molar-refractivity contribution in [3.05, 3.63) is 108 Å². The Balaban J connectivity index is 0.000000308. The van der Waals surface area contributed by atoms with Gasteiger partial charge in [-0.1, -0.05) is 88.6 Å². The van der Waals surface area contributed by atoms with Crippen LogP contribution >= 0.6 is 0 Å². The molecule has 4 aromatic rings. The van der Waals surface area contributed by atoms with Crippen LogP contribution in [0.1, 0.15) is 118 Å². The number of aliphatic carboxylic acids is 1. The fraction of sp³-hybridized carbons (Fsp3) is 0.468. The van der Waals surface area contributed by atoms with Gasteiger partial charge >= 0.3 is 5.97 Å². The summed E-state index contributed by atoms with van der Waals surface area (Å²) in [5.74, 6) is -0.331. The van der Waals surface area contributed by atoms with Crippen LogP contribution < -0.4 is 10.6 Å². The van der Waals surface area contributed by atoms with Crippen molar-refractivity contribution in [2.75, 3.05) is 43.9 Å². The first-order chi connectivity index (χ1) is 27.8. The van der Waals surface area contributed by atoms with E-state index in [4.69, 9.17) is 5.11 Å². The number of hydrogen-bond acceptors (Lipinski definition) is 8. The maximum Gasteiger partial charge on any atom is 0.303 e. The number of allylic oxidation sites excluding steroid dienone is 2. The second kappa shape index (κ2) is 26.1. The van der Waals surface area contributed by atoms with E-state index in [-0.39, 0.29) is 5.91 Å². The fourth-order valence-electron chi connectivity index (χ4n) is 6.62. The maximum absolute atomic E-state index is 12.9. The van der Waals surface area contributed by atoms with Crippen molar-refractivity contribution in [1.82, 2.24) is 24.8 Å². The zero-order valence-electron chi connectivity index (χ0n) is 34.6. The number of anilines is 3. The van der Waals surface area contributed by atoms with Gasteiger partial charge < -0.3 is 20.6 Å². The molecule has 1 saturated heterocycles. The number of piperazine rings is 1. The minimum absolute atomic E-state index is 0.143. The zero-order valence-corrected chi connectivity index (χ0v) is 34.6. The van der Waals surface area contributed by atoms with E-state index >= 15 is 0 Å². The number of carbonyl (C=O) groups is 2. The Labute approximate surface area is 341 Å². The molecule has 0 aliphatic carbocycles. The third kappa shape index (κ3) is 17.8. The Morgan fingerprint density at radius 3 is 2.16 bits per heavy atom. The predicted molar refractivity (Wildman–Crippen MR) is 234 cm³/mol. The third-order valence-corrected chi connectivity index (χ3v) is 10.2. The molecule has 10 nitrogen and oxygen atoms in total. The van der Waals surface area contributed by atoms with Crippen molar-refractivity contribution in [1.29, 1.82) is 0 Å². The highest BCUT2D eigenvalue weighted by molar-refractivity contribution is 6.04. The standard InChI is InChI=1S/C29H31N7O.C18H34O2/c1-21-5-10-25(18-27(21)34-29-31-13-11-26(33-29)24-4-3-12-30-19-24)32-28(37)23-8-6-22(7-9-23)20-36-16-14-35(2)15-17-36;1-2-3-4-5-6-7-8-9-10-11-12-13-14-15-16-17-18(19)20/h3-13,18-19H,14-17,20H2,1-2H3,(H,32,37)(H,31,33,34);9-10H,2-8,11-17H2,1H3,(H,19,20)/b;10-9-. The summed E-state index contributed by atoms with van der Waals surface area (Å²) in [5.41, 5.74) is 6.08. The van der Waals surface area contributed by atoms with Gasteiger partial charge in [0.05, 0.1) is 5.69 Å². The number of nitrogens with one attached hydrogen (secondary N) is 2. The molecule has 0 atom stereocenters. The number of unbranched alkanes of at least 4 members (excludes halogenated alkanes) is 11. The van der Waals surface area contributed by atoms with Crippen LogP contribution in [0.5, 0.6) is 0 Å². The number of carbonyl (C=O) groups excluding carboxylic acids is 1. The number of benzene rings is 2. The smallest absolute Gasteiger partial charge is 0.303 e. The molecule has 3 heterocycles. The van der Waals surface area contributed by atoms with E-state index in [1.165, 1.54) is 76.2 Å². The van der Waals surface area contributed by atoms with Gasteiger partial charge in [-0.25, -0.2) is 9.97 Å². The van der Waals surface area contributed by atoms with Gasteiger partial charge in [0.1, 0.15) is 0 Å². The molecule has 1 amide bonds. The van der Waals surface area contributed by atoms with Crippen LogP contribution in [0.3, 0.4) is 0 Å². The molecular weight excluding hydrogens is 711 g/mol. The SMILES string of the molecule is CCCCCCCC/C=C\CCCCCCCC(=O)O.Cc1ccc(NC(=O)c2ccc(CN3CCN(C)CC3)cc2)cc1Nc1nccc(-c2cccnc2)n1. The molecule has 1 aliphatic rings. The number of aromatic nitrogens is 3. The molecule has 5 rings (SSSR count). The molecule has 0 spiro atoms. The summed E-state index contributed by atoms with van der Waals surface area (Å²) in [5, 5.41) is 14.8. The highest BCUT2D eigenvalue weighted by Crippen LogP contribution is 2.25. The van der Waals surface area contributed by atoms with Crippen molar-refractivity contribution in [3.8, 4) is 11.3 Å². The van der Waals surface area contributed by atoms with Crippen LogP contribution in [0.4, 0.5) is 17.3 Å². The number of pyridine rings is 1. The van der Waals surface area contributed by atoms with E-state index in [9.17, 15) is 9.59 Å². The van der Waals surface area contributed by atoms with Crippen molar-refractivity contribution in [2.45, 2.75) is 110 Å². The van der Waals surface area contributed by atoms with Crippen LogP contribution in [0, 0.1) is 6.92 Å². The van der Waals surface area contributed by atoms with E-state index in [1.54, 1.807) is 18.6 Å². The Hall–Kier alpha value is -4.93. The number of likely N-dealkylation sites (N-methyl/N-ethyl adjacent to an activating group) is 1. The highest BCUT2D eigenvalue weighted by atomic mass is 16.4. The van der Waals surface area contributed by atoms with Gasteiger partial charge in [0.15, 0.2) is 0 Å². The van der Waals surface area contributed by atoms with Crippen LogP contribution in [0.15, 0.2) is 91.4 Å². The van der Waals surface area contributed by atoms with Gasteiger partial charge in [-0.05, 0) is 99.7 Å². The molecule has 57 heavy (non-hydrogen) atoms. The molecule has 1 fully saturated rings. The molecule has 2 aromatic heterocycles. The summed E-state index contributed by atoms with van der Waals surface area (Å²) in [7, 11) is 2.16. The van der Waals surface area contributed by atoms with Crippen LogP contribution in [-0.2, 0) is 11.3 Å². The van der Waals surface area contributed by atoms with E-state index in [0.29, 0.717) is 23.6 Å². The fourth-order valence-corrected chi connectivity index (χ4v) is 6.62. The quantitative estimate of drug-likeness (QED) is 0.0529. The average Bonchev–Trinajstić information content (AvgIpc) is 3.22. The highest BCUT2D eigenvalue weighted by Gasteiger charge is 2.15. The molecule has 306 valence electrons. The number of nitrogens with zero attached hydrogens (tertiary/aromatic N) is 5. The molecule has 2 aromatic carbocycles. The Kier molecular flexibility index (Phi) is 20.5. The maximum atomic E-state index is 12.9. The second-order valence-corrected chi connectivity index (χ2v) is 15.1. The molecule has 3 N–H and O–H groups in total. The Bertz CT molecular complexity index is 1770. The van der Waals surface area contributed by atoms with E-state index < -0.39 is 5.97 Å². The van der Waals surface area contributed by atoms with Crippen molar-refractivity contribution >= 4 is 29.2 Å². The minimum Gasteiger partial charge on any atom is -0.481 e.